The smallest absolute Gasteiger partial charge is 0.132 e. The molecule has 2 nitrogen and oxygen atoms in total. The van der Waals surface area contributed by atoms with Crippen LogP contribution in [0.25, 0.3) is 0 Å². The van der Waals surface area contributed by atoms with Crippen molar-refractivity contribution in [3.05, 3.63) is 22.4 Å². The van der Waals surface area contributed by atoms with E-state index in [2.05, 4.69) is 4.98 Å². The molecular weight excluding hydrogens is 194 g/mol. The molecule has 2 N–H and O–H groups in total. The molecule has 0 bridgehead atoms. The van der Waals surface area contributed by atoms with Crippen molar-refractivity contribution in [3.8, 4) is 0 Å². The van der Waals surface area contributed by atoms with Gasteiger partial charge in [-0.3, -0.25) is 0 Å². The minimum absolute atomic E-state index is 0. The molecule has 0 aliphatic heterocycles. The van der Waals surface area contributed by atoms with Gasteiger partial charge < -0.3 is 5.73 Å². The van der Waals surface area contributed by atoms with E-state index in [1.807, 2.05) is 0 Å². The van der Waals surface area contributed by atoms with E-state index in [4.69, 9.17) is 28.9 Å². The number of nitrogens with zero attached hydrogens (tertiary/aromatic N) is 1. The zero-order valence-corrected chi connectivity index (χ0v) is 7.17. The summed E-state index contributed by atoms with van der Waals surface area (Å²) in [6.45, 7) is 0. The second-order valence-electron chi connectivity index (χ2n) is 1.55. The van der Waals surface area contributed by atoms with Crippen LogP contribution >= 0.6 is 35.6 Å². The Kier molecular flexibility index (Phi) is 3.79. The maximum absolute atomic E-state index is 5.47. The molecule has 0 radical (unpaired) electrons. The van der Waals surface area contributed by atoms with Gasteiger partial charge in [0.1, 0.15) is 10.3 Å². The summed E-state index contributed by atoms with van der Waals surface area (Å²) >= 11 is 10.9. The predicted molar refractivity (Wildman–Crippen MR) is 45.9 cm³/mol. The number of halogens is 3. The first-order valence-corrected chi connectivity index (χ1v) is 3.02. The van der Waals surface area contributed by atoms with E-state index >= 15 is 0 Å². The highest BCUT2D eigenvalue weighted by Crippen LogP contribution is 2.15. The molecule has 0 spiro atoms. The summed E-state index contributed by atoms with van der Waals surface area (Å²) in [6.07, 6.45) is 0. The third kappa shape index (κ3) is 2.60. The molecule has 1 heterocycles. The summed E-state index contributed by atoms with van der Waals surface area (Å²) in [5.74, 6) is 0. The van der Waals surface area contributed by atoms with Gasteiger partial charge in [-0.1, -0.05) is 23.2 Å². The lowest BCUT2D eigenvalue weighted by Gasteiger charge is -1.92. The molecule has 56 valence electrons. The maximum Gasteiger partial charge on any atom is 0.132 e. The van der Waals surface area contributed by atoms with Crippen molar-refractivity contribution in [2.45, 2.75) is 0 Å². The lowest BCUT2D eigenvalue weighted by atomic mass is 10.4. The molecule has 1 aromatic rings. The van der Waals surface area contributed by atoms with Crippen LogP contribution in [0.2, 0.25) is 10.3 Å². The van der Waals surface area contributed by atoms with Gasteiger partial charge in [-0.05, 0) is 12.1 Å². The summed E-state index contributed by atoms with van der Waals surface area (Å²) in [7, 11) is 0. The van der Waals surface area contributed by atoms with Crippen molar-refractivity contribution in [1.82, 2.24) is 4.98 Å². The Hall–Kier alpha value is -0.180. The fourth-order valence-corrected chi connectivity index (χ4v) is 0.961. The summed E-state index contributed by atoms with van der Waals surface area (Å²) in [6, 6.07) is 3.07. The normalized spacial score (nSPS) is 8.60. The number of nitrogens with two attached hydrogens (primary N) is 1. The number of aromatic nitrogens is 1. The SMILES string of the molecule is Cl.Nc1cc(Cl)nc(Cl)c1. The Morgan fingerprint density at radius 2 is 1.60 bits per heavy atom. The van der Waals surface area contributed by atoms with Crippen LogP contribution in [0, 0.1) is 0 Å². The fourth-order valence-electron chi connectivity index (χ4n) is 0.483. The van der Waals surface area contributed by atoms with E-state index in [0.29, 0.717) is 16.0 Å². The fraction of sp³-hybridized carbons (Fsp3) is 0. The van der Waals surface area contributed by atoms with Crippen LogP contribution in [-0.4, -0.2) is 4.98 Å². The van der Waals surface area contributed by atoms with E-state index in [1.165, 1.54) is 12.1 Å². The monoisotopic (exact) mass is 198 g/mol. The molecule has 5 heteroatoms. The molecule has 0 aromatic carbocycles. The van der Waals surface area contributed by atoms with Crippen LogP contribution in [0.4, 0.5) is 5.69 Å². The molecule has 0 amide bonds. The predicted octanol–water partition coefficient (Wildman–Crippen LogP) is 2.39. The highest BCUT2D eigenvalue weighted by Gasteiger charge is 1.93. The number of anilines is 1. The van der Waals surface area contributed by atoms with Gasteiger partial charge in [0.25, 0.3) is 0 Å². The Bertz CT molecular complexity index is 176. The average Bonchev–Trinajstić information content (AvgIpc) is 1.59. The number of nitrogen functional groups attached to an aromatic ring is 1. The highest BCUT2D eigenvalue weighted by atomic mass is 35.5. The van der Waals surface area contributed by atoms with Crippen molar-refractivity contribution >= 4 is 41.3 Å². The van der Waals surface area contributed by atoms with E-state index < -0.39 is 0 Å². The van der Waals surface area contributed by atoms with Gasteiger partial charge in [0.15, 0.2) is 0 Å². The summed E-state index contributed by atoms with van der Waals surface area (Å²) in [5.41, 5.74) is 5.88. The molecule has 1 aromatic heterocycles. The van der Waals surface area contributed by atoms with Crippen molar-refractivity contribution in [2.24, 2.45) is 0 Å². The van der Waals surface area contributed by atoms with E-state index in [9.17, 15) is 0 Å². The largest absolute Gasteiger partial charge is 0.399 e. The zero-order valence-electron chi connectivity index (χ0n) is 4.84. The Morgan fingerprint density at radius 1 is 1.20 bits per heavy atom. The van der Waals surface area contributed by atoms with Crippen LogP contribution in [0.3, 0.4) is 0 Å². The average molecular weight is 199 g/mol. The van der Waals surface area contributed by atoms with E-state index in [1.54, 1.807) is 0 Å². The number of hydrogen-bond donors (Lipinski definition) is 1. The van der Waals surface area contributed by atoms with Crippen molar-refractivity contribution in [2.75, 3.05) is 5.73 Å². The molecule has 1 rings (SSSR count). The lowest BCUT2D eigenvalue weighted by molar-refractivity contribution is 1.33. The number of pyridine rings is 1. The van der Waals surface area contributed by atoms with Crippen LogP contribution in [0.1, 0.15) is 0 Å². The van der Waals surface area contributed by atoms with Crippen molar-refractivity contribution in [3.63, 3.8) is 0 Å². The third-order valence-corrected chi connectivity index (χ3v) is 1.17. The number of rotatable bonds is 0. The topological polar surface area (TPSA) is 38.9 Å². The van der Waals surface area contributed by atoms with Gasteiger partial charge in [-0.25, -0.2) is 4.98 Å². The van der Waals surface area contributed by atoms with Crippen molar-refractivity contribution in [1.29, 1.82) is 0 Å². The quantitative estimate of drug-likeness (QED) is 0.652. The van der Waals surface area contributed by atoms with Gasteiger partial charge in [-0.15, -0.1) is 12.4 Å². The summed E-state index contributed by atoms with van der Waals surface area (Å²) in [5, 5.41) is 0.639. The molecule has 10 heavy (non-hydrogen) atoms. The van der Waals surface area contributed by atoms with Gasteiger partial charge in [0.05, 0.1) is 0 Å². The first-order valence-electron chi connectivity index (χ1n) is 2.27. The van der Waals surface area contributed by atoms with Crippen molar-refractivity contribution < 1.29 is 0 Å². The van der Waals surface area contributed by atoms with Crippen LogP contribution in [-0.2, 0) is 0 Å². The second kappa shape index (κ2) is 3.86. The first-order chi connectivity index (χ1) is 4.18. The minimum Gasteiger partial charge on any atom is -0.399 e. The molecular formula is C5H5Cl3N2. The Balaban J connectivity index is 0.000000810. The van der Waals surface area contributed by atoms with Gasteiger partial charge >= 0.3 is 0 Å². The molecule has 0 fully saturated rings. The molecule has 0 aliphatic carbocycles. The molecule has 0 saturated heterocycles. The zero-order chi connectivity index (χ0) is 6.85. The van der Waals surface area contributed by atoms with Crippen LogP contribution in [0.5, 0.6) is 0 Å². The molecule has 0 aliphatic rings. The highest BCUT2D eigenvalue weighted by molar-refractivity contribution is 6.32. The number of hydrogen-bond acceptors (Lipinski definition) is 2. The standard InChI is InChI=1S/C5H4Cl2N2.ClH/c6-4-1-3(8)2-5(7)9-4;/h1-2H,(H2,8,9);1H. The Morgan fingerprint density at radius 3 is 1.90 bits per heavy atom. The summed E-state index contributed by atoms with van der Waals surface area (Å²) in [4.78, 5) is 3.69. The summed E-state index contributed by atoms with van der Waals surface area (Å²) < 4.78 is 0. The Labute approximate surface area is 74.8 Å². The second-order valence-corrected chi connectivity index (χ2v) is 2.32. The van der Waals surface area contributed by atoms with Crippen LogP contribution < -0.4 is 5.73 Å². The maximum atomic E-state index is 5.47. The van der Waals surface area contributed by atoms with Gasteiger partial charge in [0, 0.05) is 5.69 Å². The van der Waals surface area contributed by atoms with Gasteiger partial charge in [0.2, 0.25) is 0 Å². The third-order valence-electron chi connectivity index (χ3n) is 0.785. The van der Waals surface area contributed by atoms with Gasteiger partial charge in [-0.2, -0.15) is 0 Å². The molecule has 0 saturated carbocycles. The minimum atomic E-state index is 0. The lowest BCUT2D eigenvalue weighted by Crippen LogP contribution is -1.85. The first kappa shape index (κ1) is 9.82. The molecule has 0 unspecified atom stereocenters. The molecule has 0 atom stereocenters. The van der Waals surface area contributed by atoms with E-state index in [-0.39, 0.29) is 12.4 Å². The van der Waals surface area contributed by atoms with E-state index in [0.717, 1.165) is 0 Å². The van der Waals surface area contributed by atoms with Crippen LogP contribution in [0.15, 0.2) is 12.1 Å².